The molecular weight excluding hydrogens is 307 g/mol. The number of pyridine rings is 1. The van der Waals surface area contributed by atoms with E-state index >= 15 is 0 Å². The lowest BCUT2D eigenvalue weighted by molar-refractivity contribution is -0.274. The van der Waals surface area contributed by atoms with Crippen molar-refractivity contribution in [2.75, 3.05) is 5.32 Å². The maximum absolute atomic E-state index is 12.0. The van der Waals surface area contributed by atoms with Gasteiger partial charge in [-0.3, -0.25) is 0 Å². The van der Waals surface area contributed by atoms with Crippen molar-refractivity contribution in [3.05, 3.63) is 47.1 Å². The number of anilines is 2. The lowest BCUT2D eigenvalue weighted by atomic mass is 10.2. The number of hydrogen-bond acceptors (Lipinski definition) is 4. The summed E-state index contributed by atoms with van der Waals surface area (Å²) in [7, 11) is 0. The third-order valence-corrected chi connectivity index (χ3v) is 2.74. The Morgan fingerprint density at radius 2 is 1.86 bits per heavy atom. The largest absolute Gasteiger partial charge is 0.573 e. The van der Waals surface area contributed by atoms with Gasteiger partial charge in [-0.1, -0.05) is 11.6 Å². The fourth-order valence-electron chi connectivity index (χ4n) is 1.49. The average Bonchev–Trinajstić information content (AvgIpc) is 2.42. The minimum Gasteiger partial charge on any atom is -0.406 e. The van der Waals surface area contributed by atoms with Crippen molar-refractivity contribution in [1.82, 2.24) is 4.98 Å². The highest BCUT2D eigenvalue weighted by molar-refractivity contribution is 6.34. The van der Waals surface area contributed by atoms with E-state index in [0.717, 1.165) is 12.1 Å². The quantitative estimate of drug-likeness (QED) is 0.920. The topological polar surface area (TPSA) is 57.9 Å². The molecule has 0 unspecified atom stereocenters. The summed E-state index contributed by atoms with van der Waals surface area (Å²) in [6.45, 7) is 0. The van der Waals surface area contributed by atoms with Crippen molar-refractivity contribution < 1.29 is 17.9 Å². The van der Waals surface area contributed by atoms with Gasteiger partial charge in [-0.2, -0.15) is 5.26 Å². The highest BCUT2D eigenvalue weighted by Crippen LogP contribution is 2.28. The molecule has 1 heterocycles. The first kappa shape index (κ1) is 14.9. The van der Waals surface area contributed by atoms with Gasteiger partial charge in [0.2, 0.25) is 0 Å². The zero-order valence-corrected chi connectivity index (χ0v) is 11.0. The van der Waals surface area contributed by atoms with Crippen molar-refractivity contribution in [3.63, 3.8) is 0 Å². The van der Waals surface area contributed by atoms with Gasteiger partial charge < -0.3 is 10.1 Å². The standard InChI is InChI=1S/C13H7ClF3N3O/c14-11-8(7-18)5-6-19-12(11)20-9-1-3-10(4-2-9)21-13(15,16)17/h1-6H,(H,19,20). The maximum atomic E-state index is 12.0. The monoisotopic (exact) mass is 313 g/mol. The molecule has 21 heavy (non-hydrogen) atoms. The van der Waals surface area contributed by atoms with Gasteiger partial charge in [0, 0.05) is 11.9 Å². The Morgan fingerprint density at radius 1 is 1.19 bits per heavy atom. The summed E-state index contributed by atoms with van der Waals surface area (Å²) in [5, 5.41) is 11.8. The molecule has 0 fully saturated rings. The van der Waals surface area contributed by atoms with E-state index in [-0.39, 0.29) is 22.2 Å². The van der Waals surface area contributed by atoms with Crippen LogP contribution in [0.5, 0.6) is 5.75 Å². The van der Waals surface area contributed by atoms with Crippen molar-refractivity contribution >= 4 is 23.1 Å². The summed E-state index contributed by atoms with van der Waals surface area (Å²) in [4.78, 5) is 3.96. The first-order valence-corrected chi connectivity index (χ1v) is 5.94. The van der Waals surface area contributed by atoms with Gasteiger partial charge in [0.25, 0.3) is 0 Å². The Kier molecular flexibility index (Phi) is 4.19. The maximum Gasteiger partial charge on any atom is 0.573 e. The number of ether oxygens (including phenoxy) is 1. The Hall–Kier alpha value is -2.46. The van der Waals surface area contributed by atoms with Crippen LogP contribution in [0.1, 0.15) is 5.56 Å². The minimum atomic E-state index is -4.74. The number of alkyl halides is 3. The van der Waals surface area contributed by atoms with Crippen LogP contribution >= 0.6 is 11.6 Å². The summed E-state index contributed by atoms with van der Waals surface area (Å²) < 4.78 is 39.8. The van der Waals surface area contributed by atoms with Crippen LogP contribution in [0, 0.1) is 11.3 Å². The first-order valence-electron chi connectivity index (χ1n) is 5.56. The van der Waals surface area contributed by atoms with Gasteiger partial charge in [-0.15, -0.1) is 13.2 Å². The van der Waals surface area contributed by atoms with Gasteiger partial charge in [0.15, 0.2) is 5.82 Å². The Morgan fingerprint density at radius 3 is 2.43 bits per heavy atom. The summed E-state index contributed by atoms with van der Waals surface area (Å²) in [6, 6.07) is 8.40. The van der Waals surface area contributed by atoms with E-state index in [1.54, 1.807) is 0 Å². The van der Waals surface area contributed by atoms with Crippen LogP contribution in [0.25, 0.3) is 0 Å². The molecular formula is C13H7ClF3N3O. The Bertz CT molecular complexity index is 681. The number of nitriles is 1. The molecule has 0 amide bonds. The molecule has 2 rings (SSSR count). The number of nitrogens with one attached hydrogen (secondary N) is 1. The number of rotatable bonds is 3. The Balaban J connectivity index is 2.16. The molecule has 2 aromatic rings. The van der Waals surface area contributed by atoms with Crippen LogP contribution in [0.4, 0.5) is 24.7 Å². The van der Waals surface area contributed by atoms with E-state index in [0.29, 0.717) is 5.69 Å². The molecule has 0 atom stereocenters. The van der Waals surface area contributed by atoms with Crippen molar-refractivity contribution in [3.8, 4) is 11.8 Å². The smallest absolute Gasteiger partial charge is 0.406 e. The number of aromatic nitrogens is 1. The number of hydrogen-bond donors (Lipinski definition) is 1. The van der Waals surface area contributed by atoms with Gasteiger partial charge in [-0.05, 0) is 30.3 Å². The second-order valence-corrected chi connectivity index (χ2v) is 4.21. The lowest BCUT2D eigenvalue weighted by Crippen LogP contribution is -2.16. The molecule has 1 N–H and O–H groups in total. The molecule has 1 aromatic carbocycles. The molecule has 0 aliphatic carbocycles. The summed E-state index contributed by atoms with van der Waals surface area (Å²) in [5.41, 5.74) is 0.695. The molecule has 0 saturated carbocycles. The summed E-state index contributed by atoms with van der Waals surface area (Å²) >= 11 is 5.96. The molecule has 0 radical (unpaired) electrons. The zero-order valence-electron chi connectivity index (χ0n) is 10.3. The van der Waals surface area contributed by atoms with Crippen LogP contribution in [0.15, 0.2) is 36.5 Å². The normalized spacial score (nSPS) is 10.8. The number of nitrogens with zero attached hydrogens (tertiary/aromatic N) is 2. The lowest BCUT2D eigenvalue weighted by Gasteiger charge is -2.11. The summed E-state index contributed by atoms with van der Waals surface area (Å²) in [6.07, 6.45) is -3.34. The van der Waals surface area contributed by atoms with E-state index in [2.05, 4.69) is 15.0 Å². The van der Waals surface area contributed by atoms with Crippen LogP contribution < -0.4 is 10.1 Å². The predicted molar refractivity (Wildman–Crippen MR) is 70.4 cm³/mol. The third kappa shape index (κ3) is 4.00. The van der Waals surface area contributed by atoms with Gasteiger partial charge in [0.05, 0.1) is 5.56 Å². The van der Waals surface area contributed by atoms with Gasteiger partial charge >= 0.3 is 6.36 Å². The summed E-state index contributed by atoms with van der Waals surface area (Å²) in [5.74, 6) is -0.0990. The van der Waals surface area contributed by atoms with Crippen LogP contribution in [0.2, 0.25) is 5.02 Å². The van der Waals surface area contributed by atoms with E-state index in [1.807, 2.05) is 6.07 Å². The van der Waals surface area contributed by atoms with Crippen molar-refractivity contribution in [2.45, 2.75) is 6.36 Å². The number of halogens is 4. The zero-order chi connectivity index (χ0) is 15.5. The van der Waals surface area contributed by atoms with Crippen LogP contribution in [0.3, 0.4) is 0 Å². The molecule has 1 aromatic heterocycles. The van der Waals surface area contributed by atoms with Crippen molar-refractivity contribution in [1.29, 1.82) is 5.26 Å². The molecule has 0 aliphatic heterocycles. The number of benzene rings is 1. The second-order valence-electron chi connectivity index (χ2n) is 3.83. The van der Waals surface area contributed by atoms with Crippen molar-refractivity contribution in [2.24, 2.45) is 0 Å². The molecule has 108 valence electrons. The van der Waals surface area contributed by atoms with Gasteiger partial charge in [-0.25, -0.2) is 4.98 Å². The molecule has 0 spiro atoms. The average molecular weight is 314 g/mol. The fraction of sp³-hybridized carbons (Fsp3) is 0.0769. The molecule has 4 nitrogen and oxygen atoms in total. The molecule has 0 aliphatic rings. The second kappa shape index (κ2) is 5.89. The molecule has 0 saturated heterocycles. The minimum absolute atomic E-state index is 0.135. The third-order valence-electron chi connectivity index (χ3n) is 2.36. The van der Waals surface area contributed by atoms with E-state index in [1.165, 1.54) is 24.4 Å². The van der Waals surface area contributed by atoms with E-state index in [9.17, 15) is 13.2 Å². The predicted octanol–water partition coefficient (Wildman–Crippen LogP) is 4.25. The highest BCUT2D eigenvalue weighted by Gasteiger charge is 2.30. The molecule has 8 heteroatoms. The Labute approximate surface area is 122 Å². The SMILES string of the molecule is N#Cc1ccnc(Nc2ccc(OC(F)(F)F)cc2)c1Cl. The van der Waals surface area contributed by atoms with Crippen LogP contribution in [-0.2, 0) is 0 Å². The van der Waals surface area contributed by atoms with Crippen LogP contribution in [-0.4, -0.2) is 11.3 Å². The fourth-order valence-corrected chi connectivity index (χ4v) is 1.70. The van der Waals surface area contributed by atoms with Gasteiger partial charge in [0.1, 0.15) is 16.8 Å². The molecule has 0 bridgehead atoms. The van der Waals surface area contributed by atoms with E-state index < -0.39 is 6.36 Å². The first-order chi connectivity index (χ1) is 9.89. The highest BCUT2D eigenvalue weighted by atomic mass is 35.5. The van der Waals surface area contributed by atoms with E-state index in [4.69, 9.17) is 16.9 Å².